The number of carbonyl (C=O) groups excluding carboxylic acids is 2. The number of rotatable bonds is 9. The van der Waals surface area contributed by atoms with E-state index in [4.69, 9.17) is 0 Å². The predicted octanol–water partition coefficient (Wildman–Crippen LogP) is 5.23. The van der Waals surface area contributed by atoms with Crippen LogP contribution in [0.25, 0.3) is 0 Å². The Morgan fingerprint density at radius 1 is 1.06 bits per heavy atom. The van der Waals surface area contributed by atoms with Gasteiger partial charge >= 0.3 is 0 Å². The summed E-state index contributed by atoms with van der Waals surface area (Å²) in [5, 5.41) is 15.3. The summed E-state index contributed by atoms with van der Waals surface area (Å²) in [5.41, 5.74) is 2.44. The van der Waals surface area contributed by atoms with Crippen LogP contribution in [0.2, 0.25) is 0 Å². The third-order valence-electron chi connectivity index (χ3n) is 5.07. The molecule has 1 heterocycles. The van der Waals surface area contributed by atoms with Gasteiger partial charge in [-0.25, -0.2) is 0 Å². The van der Waals surface area contributed by atoms with Crippen molar-refractivity contribution in [2.45, 2.75) is 45.4 Å². The van der Waals surface area contributed by atoms with E-state index in [1.165, 1.54) is 11.8 Å². The molecule has 2 amide bonds. The Kier molecular flexibility index (Phi) is 8.68. The second kappa shape index (κ2) is 11.5. The summed E-state index contributed by atoms with van der Waals surface area (Å²) < 4.78 is 2.91. The molecule has 174 valence electrons. The number of thioether (sulfide) groups is 1. The monoisotopic (exact) mass is 529 g/mol. The van der Waals surface area contributed by atoms with Crippen molar-refractivity contribution < 1.29 is 9.59 Å². The molecule has 0 unspecified atom stereocenters. The first kappa shape index (κ1) is 25.0. The normalized spacial score (nSPS) is 11.9. The van der Waals surface area contributed by atoms with E-state index in [1.54, 1.807) is 0 Å². The Balaban J connectivity index is 1.70. The summed E-state index contributed by atoms with van der Waals surface area (Å²) >= 11 is 4.71. The summed E-state index contributed by atoms with van der Waals surface area (Å²) in [6.07, 6.45) is 0. The molecule has 33 heavy (non-hydrogen) atoms. The van der Waals surface area contributed by atoms with Gasteiger partial charge in [-0.3, -0.25) is 9.59 Å². The van der Waals surface area contributed by atoms with E-state index in [9.17, 15) is 9.59 Å². The average molecular weight is 530 g/mol. The fraction of sp³-hybridized carbons (Fsp3) is 0.333. The van der Waals surface area contributed by atoms with E-state index < -0.39 is 0 Å². The van der Waals surface area contributed by atoms with Crippen LogP contribution in [0.4, 0.5) is 5.69 Å². The highest BCUT2D eigenvalue weighted by molar-refractivity contribution is 9.10. The maximum Gasteiger partial charge on any atom is 0.251 e. The Hall–Kier alpha value is -2.65. The van der Waals surface area contributed by atoms with Crippen LogP contribution in [0.1, 0.15) is 48.6 Å². The number of hydrogen-bond acceptors (Lipinski definition) is 5. The van der Waals surface area contributed by atoms with Crippen LogP contribution in [0.15, 0.2) is 58.2 Å². The van der Waals surface area contributed by atoms with Crippen molar-refractivity contribution in [3.8, 4) is 0 Å². The van der Waals surface area contributed by atoms with Crippen molar-refractivity contribution >= 4 is 45.2 Å². The topological polar surface area (TPSA) is 88.9 Å². The maximum absolute atomic E-state index is 12.8. The molecule has 1 aromatic heterocycles. The molecule has 3 rings (SSSR count). The maximum atomic E-state index is 12.8. The molecule has 0 fully saturated rings. The van der Waals surface area contributed by atoms with E-state index in [1.807, 2.05) is 80.8 Å². The lowest BCUT2D eigenvalue weighted by atomic mass is 10.0. The van der Waals surface area contributed by atoms with Gasteiger partial charge < -0.3 is 15.2 Å². The second-order valence-corrected chi connectivity index (χ2v) is 9.85. The van der Waals surface area contributed by atoms with Crippen LogP contribution in [0, 0.1) is 12.8 Å². The van der Waals surface area contributed by atoms with E-state index in [2.05, 4.69) is 36.8 Å². The number of hydrogen-bond donors (Lipinski definition) is 2. The first-order valence-corrected chi connectivity index (χ1v) is 12.5. The zero-order valence-electron chi connectivity index (χ0n) is 19.1. The number of aromatic nitrogens is 3. The molecule has 1 atom stereocenters. The van der Waals surface area contributed by atoms with Crippen molar-refractivity contribution in [1.82, 2.24) is 20.1 Å². The van der Waals surface area contributed by atoms with Crippen molar-refractivity contribution in [2.75, 3.05) is 11.1 Å². The SMILES string of the molecule is CCn1c(SCC(=O)Nc2ccc(Br)cc2)nnc1[C@@H](NC(=O)c1ccc(C)cc1)C(C)C. The van der Waals surface area contributed by atoms with Gasteiger partial charge in [0, 0.05) is 22.3 Å². The number of nitrogens with zero attached hydrogens (tertiary/aromatic N) is 3. The zero-order chi connectivity index (χ0) is 24.0. The molecule has 9 heteroatoms. The number of carbonyl (C=O) groups is 2. The van der Waals surface area contributed by atoms with Crippen molar-refractivity contribution in [3.63, 3.8) is 0 Å². The molecular formula is C24H28BrN5O2S. The number of anilines is 1. The molecule has 0 aliphatic heterocycles. The highest BCUT2D eigenvalue weighted by Gasteiger charge is 2.26. The molecule has 2 N–H and O–H groups in total. The number of halogens is 1. The number of aryl methyl sites for hydroxylation is 1. The zero-order valence-corrected chi connectivity index (χ0v) is 21.5. The number of benzene rings is 2. The fourth-order valence-corrected chi connectivity index (χ4v) is 4.33. The van der Waals surface area contributed by atoms with Crippen LogP contribution in [-0.2, 0) is 11.3 Å². The van der Waals surface area contributed by atoms with Crippen molar-refractivity contribution in [1.29, 1.82) is 0 Å². The minimum absolute atomic E-state index is 0.104. The molecule has 0 bridgehead atoms. The Labute approximate surface area is 206 Å². The van der Waals surface area contributed by atoms with E-state index in [0.29, 0.717) is 23.1 Å². The van der Waals surface area contributed by atoms with Crippen LogP contribution in [-0.4, -0.2) is 32.3 Å². The van der Waals surface area contributed by atoms with Gasteiger partial charge in [0.25, 0.3) is 5.91 Å². The van der Waals surface area contributed by atoms with Gasteiger partial charge in [0.1, 0.15) is 0 Å². The quantitative estimate of drug-likeness (QED) is 0.370. The lowest BCUT2D eigenvalue weighted by molar-refractivity contribution is -0.113. The average Bonchev–Trinajstić information content (AvgIpc) is 3.20. The third kappa shape index (κ3) is 6.68. The van der Waals surface area contributed by atoms with Gasteiger partial charge in [0.05, 0.1) is 11.8 Å². The fourth-order valence-electron chi connectivity index (χ4n) is 3.25. The summed E-state index contributed by atoms with van der Waals surface area (Å²) in [6, 6.07) is 14.6. The van der Waals surface area contributed by atoms with Crippen LogP contribution >= 0.6 is 27.7 Å². The Morgan fingerprint density at radius 2 is 1.73 bits per heavy atom. The Morgan fingerprint density at radius 3 is 2.33 bits per heavy atom. The molecule has 7 nitrogen and oxygen atoms in total. The lowest BCUT2D eigenvalue weighted by Gasteiger charge is -2.22. The second-order valence-electron chi connectivity index (χ2n) is 7.99. The molecule has 0 saturated heterocycles. The highest BCUT2D eigenvalue weighted by atomic mass is 79.9. The summed E-state index contributed by atoms with van der Waals surface area (Å²) in [4.78, 5) is 25.2. The van der Waals surface area contributed by atoms with Gasteiger partial charge in [-0.15, -0.1) is 10.2 Å². The number of nitrogens with one attached hydrogen (secondary N) is 2. The standard InChI is InChI=1S/C24H28BrN5O2S/c1-5-30-22(21(15(2)3)27-23(32)17-8-6-16(4)7-9-17)28-29-24(30)33-14-20(31)26-19-12-10-18(25)11-13-19/h6-13,15,21H,5,14H2,1-4H3,(H,26,31)(H,27,32)/t21-/m0/s1. The number of amides is 2. The predicted molar refractivity (Wildman–Crippen MR) is 135 cm³/mol. The van der Waals surface area contributed by atoms with Crippen molar-refractivity contribution in [2.24, 2.45) is 5.92 Å². The molecule has 0 aliphatic rings. The molecule has 0 saturated carbocycles. The van der Waals surface area contributed by atoms with Crippen molar-refractivity contribution in [3.05, 3.63) is 70.0 Å². The largest absolute Gasteiger partial charge is 0.342 e. The molecule has 0 aliphatic carbocycles. The van der Waals surface area contributed by atoms with Gasteiger partial charge in [-0.1, -0.05) is 59.2 Å². The summed E-state index contributed by atoms with van der Waals surface area (Å²) in [7, 11) is 0. The van der Waals surface area contributed by atoms with E-state index >= 15 is 0 Å². The smallest absolute Gasteiger partial charge is 0.251 e. The van der Waals surface area contributed by atoms with Gasteiger partial charge in [-0.2, -0.15) is 0 Å². The third-order valence-corrected chi connectivity index (χ3v) is 6.56. The molecular weight excluding hydrogens is 502 g/mol. The minimum Gasteiger partial charge on any atom is -0.342 e. The molecule has 2 aromatic carbocycles. The minimum atomic E-state index is -0.308. The molecule has 0 spiro atoms. The first-order chi connectivity index (χ1) is 15.8. The van der Waals surface area contributed by atoms with Crippen LogP contribution in [0.5, 0.6) is 0 Å². The van der Waals surface area contributed by atoms with Crippen LogP contribution < -0.4 is 10.6 Å². The molecule has 3 aromatic rings. The Bertz CT molecular complexity index is 1100. The van der Waals surface area contributed by atoms with Crippen LogP contribution in [0.3, 0.4) is 0 Å². The van der Waals surface area contributed by atoms with E-state index in [0.717, 1.165) is 15.7 Å². The van der Waals surface area contributed by atoms with E-state index in [-0.39, 0.29) is 29.5 Å². The lowest BCUT2D eigenvalue weighted by Crippen LogP contribution is -2.33. The van der Waals surface area contributed by atoms with Gasteiger partial charge in [-0.05, 0) is 56.2 Å². The summed E-state index contributed by atoms with van der Waals surface area (Å²) in [6.45, 7) is 8.68. The first-order valence-electron chi connectivity index (χ1n) is 10.8. The summed E-state index contributed by atoms with van der Waals surface area (Å²) in [5.74, 6) is 0.720. The highest BCUT2D eigenvalue weighted by Crippen LogP contribution is 2.26. The molecule has 0 radical (unpaired) electrons. The van der Waals surface area contributed by atoms with Gasteiger partial charge in [0.2, 0.25) is 5.91 Å². The van der Waals surface area contributed by atoms with Gasteiger partial charge in [0.15, 0.2) is 11.0 Å².